The normalized spacial score (nSPS) is 18.2. The number of hydrogen-bond acceptors (Lipinski definition) is 5. The predicted molar refractivity (Wildman–Crippen MR) is 89.9 cm³/mol. The second-order valence-electron chi connectivity index (χ2n) is 6.06. The van der Waals surface area contributed by atoms with Crippen molar-refractivity contribution in [3.8, 4) is 11.5 Å². The van der Waals surface area contributed by atoms with E-state index < -0.39 is 0 Å². The number of rotatable bonds is 3. The van der Waals surface area contributed by atoms with E-state index in [1.165, 1.54) is 5.56 Å². The first-order valence-electron chi connectivity index (χ1n) is 8.08. The summed E-state index contributed by atoms with van der Waals surface area (Å²) >= 11 is 0. The Bertz CT molecular complexity index is 778. The molecule has 124 valence electrons. The van der Waals surface area contributed by atoms with Crippen molar-refractivity contribution in [1.29, 1.82) is 0 Å². The van der Waals surface area contributed by atoms with Gasteiger partial charge in [-0.25, -0.2) is 4.98 Å². The number of pyridine rings is 1. The number of para-hydroxylation sites is 2. The maximum atomic E-state index is 12.4. The third-order valence-corrected chi connectivity index (χ3v) is 4.32. The van der Waals surface area contributed by atoms with Crippen LogP contribution in [0.4, 0.5) is 5.82 Å². The van der Waals surface area contributed by atoms with Gasteiger partial charge >= 0.3 is 0 Å². The Morgan fingerprint density at radius 1 is 1.29 bits per heavy atom. The van der Waals surface area contributed by atoms with Crippen LogP contribution in [0.5, 0.6) is 11.5 Å². The van der Waals surface area contributed by atoms with Crippen LogP contribution in [0.3, 0.4) is 0 Å². The molecule has 0 radical (unpaired) electrons. The molecular weight excluding hydrogens is 306 g/mol. The first-order chi connectivity index (χ1) is 11.7. The Morgan fingerprint density at radius 3 is 3.00 bits per heavy atom. The van der Waals surface area contributed by atoms with Crippen molar-refractivity contribution in [2.45, 2.75) is 12.5 Å². The predicted octanol–water partition coefficient (Wildman–Crippen LogP) is 1.64. The quantitative estimate of drug-likeness (QED) is 0.929. The van der Waals surface area contributed by atoms with Crippen LogP contribution in [-0.2, 0) is 6.42 Å². The highest BCUT2D eigenvalue weighted by atomic mass is 16.6. The van der Waals surface area contributed by atoms with Gasteiger partial charge in [0.05, 0.1) is 6.54 Å². The van der Waals surface area contributed by atoms with Crippen LogP contribution in [-0.4, -0.2) is 43.7 Å². The van der Waals surface area contributed by atoms with Crippen molar-refractivity contribution in [2.75, 3.05) is 31.6 Å². The molecule has 1 aromatic carbocycles. The number of anilines is 1. The monoisotopic (exact) mass is 325 g/mol. The summed E-state index contributed by atoms with van der Waals surface area (Å²) in [7, 11) is 1.99. The number of benzene rings is 1. The van der Waals surface area contributed by atoms with Gasteiger partial charge in [0.25, 0.3) is 5.91 Å². The third-order valence-electron chi connectivity index (χ3n) is 4.32. The molecule has 1 aromatic heterocycles. The van der Waals surface area contributed by atoms with Crippen LogP contribution >= 0.6 is 0 Å². The zero-order valence-electron chi connectivity index (χ0n) is 13.5. The molecule has 1 N–H and O–H groups in total. The summed E-state index contributed by atoms with van der Waals surface area (Å²) in [5.41, 5.74) is 1.62. The summed E-state index contributed by atoms with van der Waals surface area (Å²) in [5, 5.41) is 2.88. The lowest BCUT2D eigenvalue weighted by Crippen LogP contribution is -2.41. The molecule has 0 bridgehead atoms. The first kappa shape index (κ1) is 14.8. The van der Waals surface area contributed by atoms with Crippen LogP contribution in [0.1, 0.15) is 16.1 Å². The van der Waals surface area contributed by atoms with E-state index in [0.717, 1.165) is 24.5 Å². The summed E-state index contributed by atoms with van der Waals surface area (Å²) < 4.78 is 11.5. The SMILES string of the molecule is CN1CCc2ccc(C(=O)NCC3COc4ccccc4O3)nc21. The van der Waals surface area contributed by atoms with Gasteiger partial charge in [0.1, 0.15) is 24.2 Å². The molecule has 0 saturated heterocycles. The standard InChI is InChI=1S/C18H19N3O3/c1-21-9-8-12-6-7-14(20-17(12)21)18(22)19-10-13-11-23-15-4-2-3-5-16(15)24-13/h2-7,13H,8-11H2,1H3,(H,19,22). The number of hydrogen-bond donors (Lipinski definition) is 1. The maximum absolute atomic E-state index is 12.4. The molecule has 0 aliphatic carbocycles. The number of ether oxygens (including phenoxy) is 2. The van der Waals surface area contributed by atoms with Gasteiger partial charge in [-0.15, -0.1) is 0 Å². The molecule has 6 heteroatoms. The van der Waals surface area contributed by atoms with Crippen molar-refractivity contribution >= 4 is 11.7 Å². The van der Waals surface area contributed by atoms with Crippen LogP contribution in [0.2, 0.25) is 0 Å². The van der Waals surface area contributed by atoms with Crippen molar-refractivity contribution in [3.05, 3.63) is 47.7 Å². The number of nitrogens with zero attached hydrogens (tertiary/aromatic N) is 2. The third kappa shape index (κ3) is 2.75. The second-order valence-corrected chi connectivity index (χ2v) is 6.06. The van der Waals surface area contributed by atoms with Crippen molar-refractivity contribution in [3.63, 3.8) is 0 Å². The topological polar surface area (TPSA) is 63.7 Å². The van der Waals surface area contributed by atoms with Gasteiger partial charge in [0.2, 0.25) is 0 Å². The van der Waals surface area contributed by atoms with Gasteiger partial charge in [0.15, 0.2) is 11.5 Å². The van der Waals surface area contributed by atoms with E-state index in [4.69, 9.17) is 9.47 Å². The molecule has 0 saturated carbocycles. The Hall–Kier alpha value is -2.76. The highest BCUT2D eigenvalue weighted by Gasteiger charge is 2.23. The minimum absolute atomic E-state index is 0.194. The van der Waals surface area contributed by atoms with Crippen LogP contribution in [0, 0.1) is 0 Å². The maximum Gasteiger partial charge on any atom is 0.270 e. The highest BCUT2D eigenvalue weighted by molar-refractivity contribution is 5.92. The molecule has 4 rings (SSSR count). The lowest BCUT2D eigenvalue weighted by Gasteiger charge is -2.26. The molecule has 0 spiro atoms. The molecular formula is C18H19N3O3. The van der Waals surface area contributed by atoms with Crippen molar-refractivity contribution in [1.82, 2.24) is 10.3 Å². The van der Waals surface area contributed by atoms with Crippen molar-refractivity contribution < 1.29 is 14.3 Å². The minimum Gasteiger partial charge on any atom is -0.486 e. The molecule has 1 amide bonds. The summed E-state index contributed by atoms with van der Waals surface area (Å²) in [6, 6.07) is 11.3. The number of carbonyl (C=O) groups excluding carboxylic acids is 1. The number of likely N-dealkylation sites (N-methyl/N-ethyl adjacent to an activating group) is 1. The molecule has 6 nitrogen and oxygen atoms in total. The highest BCUT2D eigenvalue weighted by Crippen LogP contribution is 2.30. The zero-order chi connectivity index (χ0) is 16.5. The number of amides is 1. The largest absolute Gasteiger partial charge is 0.486 e. The van der Waals surface area contributed by atoms with E-state index in [2.05, 4.69) is 15.2 Å². The van der Waals surface area contributed by atoms with E-state index >= 15 is 0 Å². The lowest BCUT2D eigenvalue weighted by atomic mass is 10.2. The summed E-state index contributed by atoms with van der Waals surface area (Å²) in [4.78, 5) is 18.9. The molecule has 0 fully saturated rings. The average Bonchev–Trinajstić information content (AvgIpc) is 3.00. The van der Waals surface area contributed by atoms with Crippen LogP contribution < -0.4 is 19.7 Å². The molecule has 1 unspecified atom stereocenters. The second kappa shape index (κ2) is 6.03. The van der Waals surface area contributed by atoms with Gasteiger partial charge in [-0.3, -0.25) is 4.79 Å². The average molecular weight is 325 g/mol. The molecule has 24 heavy (non-hydrogen) atoms. The van der Waals surface area contributed by atoms with E-state index in [-0.39, 0.29) is 12.0 Å². The van der Waals surface area contributed by atoms with Crippen LogP contribution in [0.25, 0.3) is 0 Å². The smallest absolute Gasteiger partial charge is 0.270 e. The Kier molecular flexibility index (Phi) is 3.72. The van der Waals surface area contributed by atoms with E-state index in [9.17, 15) is 4.79 Å². The molecule has 1 atom stereocenters. The Balaban J connectivity index is 1.38. The summed E-state index contributed by atoms with van der Waals surface area (Å²) in [6.45, 7) is 1.74. The van der Waals surface area contributed by atoms with E-state index in [0.29, 0.717) is 24.6 Å². The van der Waals surface area contributed by atoms with E-state index in [1.807, 2.05) is 37.4 Å². The van der Waals surface area contributed by atoms with Gasteiger partial charge in [-0.05, 0) is 30.2 Å². The van der Waals surface area contributed by atoms with Crippen LogP contribution in [0.15, 0.2) is 36.4 Å². The Labute approximate surface area is 140 Å². The number of nitrogens with one attached hydrogen (secondary N) is 1. The van der Waals surface area contributed by atoms with Crippen molar-refractivity contribution in [2.24, 2.45) is 0 Å². The van der Waals surface area contributed by atoms with Gasteiger partial charge in [-0.2, -0.15) is 0 Å². The summed E-state index contributed by atoms with van der Waals surface area (Å²) in [6.07, 6.45) is 0.772. The lowest BCUT2D eigenvalue weighted by molar-refractivity contribution is 0.0786. The fourth-order valence-corrected chi connectivity index (χ4v) is 2.98. The number of aromatic nitrogens is 1. The zero-order valence-corrected chi connectivity index (χ0v) is 13.5. The fraction of sp³-hybridized carbons (Fsp3) is 0.333. The molecule has 3 heterocycles. The van der Waals surface area contributed by atoms with E-state index in [1.54, 1.807) is 6.07 Å². The minimum atomic E-state index is -0.207. The molecule has 2 aliphatic heterocycles. The van der Waals surface area contributed by atoms with Gasteiger partial charge < -0.3 is 19.7 Å². The summed E-state index contributed by atoms with van der Waals surface area (Å²) in [5.74, 6) is 2.15. The number of carbonyl (C=O) groups is 1. The number of fused-ring (bicyclic) bond motifs is 2. The molecule has 2 aliphatic rings. The van der Waals surface area contributed by atoms with Gasteiger partial charge in [-0.1, -0.05) is 18.2 Å². The fourth-order valence-electron chi connectivity index (χ4n) is 2.98. The Morgan fingerprint density at radius 2 is 2.12 bits per heavy atom. The van der Waals surface area contributed by atoms with Gasteiger partial charge in [0, 0.05) is 13.6 Å². The molecule has 2 aromatic rings. The first-order valence-corrected chi connectivity index (χ1v) is 8.08.